The molecule has 130 valence electrons. The maximum atomic E-state index is 14.2. The van der Waals surface area contributed by atoms with Crippen LogP contribution in [-0.4, -0.2) is 37.9 Å². The Morgan fingerprint density at radius 2 is 1.96 bits per heavy atom. The van der Waals surface area contributed by atoms with Crippen molar-refractivity contribution >= 4 is 21.3 Å². The van der Waals surface area contributed by atoms with Gasteiger partial charge in [0.15, 0.2) is 15.7 Å². The van der Waals surface area contributed by atoms with Crippen molar-refractivity contribution in [3.63, 3.8) is 0 Å². The third-order valence-corrected chi connectivity index (χ3v) is 4.05. The molecule has 9 heteroatoms. The van der Waals surface area contributed by atoms with Gasteiger partial charge in [-0.05, 0) is 32.0 Å². The summed E-state index contributed by atoms with van der Waals surface area (Å²) >= 11 is 0. The molecule has 0 atom stereocenters. The van der Waals surface area contributed by atoms with Gasteiger partial charge in [0, 0.05) is 6.26 Å². The summed E-state index contributed by atoms with van der Waals surface area (Å²) in [5.41, 5.74) is 0.0508. The van der Waals surface area contributed by atoms with E-state index in [2.05, 4.69) is 15.3 Å². The van der Waals surface area contributed by atoms with Crippen LogP contribution in [0.1, 0.15) is 13.8 Å². The second kappa shape index (κ2) is 7.00. The van der Waals surface area contributed by atoms with Crippen LogP contribution in [0.5, 0.6) is 11.6 Å². The van der Waals surface area contributed by atoms with Gasteiger partial charge in [-0.1, -0.05) is 0 Å². The van der Waals surface area contributed by atoms with Gasteiger partial charge in [0.25, 0.3) is 5.88 Å². The summed E-state index contributed by atoms with van der Waals surface area (Å²) in [6.45, 7) is 3.66. The molecule has 7 nitrogen and oxygen atoms in total. The Morgan fingerprint density at radius 1 is 1.25 bits per heavy atom. The van der Waals surface area contributed by atoms with Crippen molar-refractivity contribution < 1.29 is 22.3 Å². The number of nitrogens with zero attached hydrogens (tertiary/aromatic N) is 2. The summed E-state index contributed by atoms with van der Waals surface area (Å²) in [6, 6.07) is 3.56. The number of halogens is 1. The van der Waals surface area contributed by atoms with Gasteiger partial charge in [0.05, 0.1) is 23.8 Å². The molecule has 0 unspecified atom stereocenters. The molecule has 1 aromatic heterocycles. The van der Waals surface area contributed by atoms with Gasteiger partial charge in [-0.3, -0.25) is 0 Å². The third-order valence-electron chi connectivity index (χ3n) is 2.94. The first kappa shape index (κ1) is 17.9. The molecule has 0 saturated heterocycles. The van der Waals surface area contributed by atoms with Crippen LogP contribution in [0.2, 0.25) is 0 Å². The van der Waals surface area contributed by atoms with Crippen molar-refractivity contribution in [2.75, 3.05) is 18.7 Å². The first-order valence-electron chi connectivity index (χ1n) is 7.04. The summed E-state index contributed by atoms with van der Waals surface area (Å²) in [7, 11) is -2.07. The molecule has 0 aliphatic heterocycles. The second-order valence-corrected chi connectivity index (χ2v) is 7.28. The number of sulfone groups is 1. The Hall–Kier alpha value is -2.42. The highest BCUT2D eigenvalue weighted by Crippen LogP contribution is 2.34. The molecular formula is C15H18FN3O4S. The highest BCUT2D eigenvalue weighted by molar-refractivity contribution is 7.90. The van der Waals surface area contributed by atoms with E-state index in [1.54, 1.807) is 0 Å². The second-order valence-electron chi connectivity index (χ2n) is 5.27. The predicted octanol–water partition coefficient (Wildman–Crippen LogP) is 2.56. The van der Waals surface area contributed by atoms with E-state index in [9.17, 15) is 12.8 Å². The molecule has 1 aromatic carbocycles. The highest BCUT2D eigenvalue weighted by Gasteiger charge is 2.17. The Kier molecular flexibility index (Phi) is 5.23. The molecule has 0 fully saturated rings. The molecule has 0 saturated carbocycles. The lowest BCUT2D eigenvalue weighted by molar-refractivity contribution is 0.220. The van der Waals surface area contributed by atoms with Gasteiger partial charge in [-0.2, -0.15) is 4.98 Å². The third kappa shape index (κ3) is 4.10. The fourth-order valence-corrected chi connectivity index (χ4v) is 2.53. The summed E-state index contributed by atoms with van der Waals surface area (Å²) < 4.78 is 47.8. The number of methoxy groups -OCH3 is 1. The van der Waals surface area contributed by atoms with Gasteiger partial charge < -0.3 is 14.8 Å². The summed E-state index contributed by atoms with van der Waals surface area (Å²) in [4.78, 5) is 7.89. The molecule has 0 amide bonds. The van der Waals surface area contributed by atoms with Crippen LogP contribution in [0, 0.1) is 5.82 Å². The minimum Gasteiger partial charge on any atom is -0.489 e. The Bertz CT molecular complexity index is 841. The quantitative estimate of drug-likeness (QED) is 0.851. The summed E-state index contributed by atoms with van der Waals surface area (Å²) in [6.07, 6.45) is 2.14. The minimum atomic E-state index is -3.49. The minimum absolute atomic E-state index is 0.0508. The number of anilines is 2. The molecule has 24 heavy (non-hydrogen) atoms. The van der Waals surface area contributed by atoms with Crippen molar-refractivity contribution in [1.29, 1.82) is 0 Å². The van der Waals surface area contributed by atoms with Gasteiger partial charge >= 0.3 is 0 Å². The standard InChI is InChI=1S/C15H18FN3O4S/c1-9(2)23-15-13(22-3)14(17-8-18-15)19-12-6-5-10(7-11(12)16)24(4,20)21/h5-9H,1-4H3,(H,17,18,19). The molecule has 2 rings (SSSR count). The molecular weight excluding hydrogens is 337 g/mol. The number of nitrogens with one attached hydrogen (secondary N) is 1. The molecule has 2 aromatic rings. The van der Waals surface area contributed by atoms with Crippen LogP contribution in [0.4, 0.5) is 15.9 Å². The lowest BCUT2D eigenvalue weighted by Gasteiger charge is -2.15. The fraction of sp³-hybridized carbons (Fsp3) is 0.333. The van der Waals surface area contributed by atoms with Crippen molar-refractivity contribution in [1.82, 2.24) is 9.97 Å². The molecule has 0 bridgehead atoms. The number of hydrogen-bond donors (Lipinski definition) is 1. The van der Waals surface area contributed by atoms with Crippen LogP contribution >= 0.6 is 0 Å². The van der Waals surface area contributed by atoms with E-state index in [0.717, 1.165) is 12.3 Å². The van der Waals surface area contributed by atoms with Gasteiger partial charge in [0.2, 0.25) is 5.75 Å². The van der Waals surface area contributed by atoms with Crippen LogP contribution < -0.4 is 14.8 Å². The average molecular weight is 355 g/mol. The number of rotatable bonds is 6. The Morgan fingerprint density at radius 3 is 2.50 bits per heavy atom. The van der Waals surface area contributed by atoms with Gasteiger partial charge in [-0.25, -0.2) is 17.8 Å². The van der Waals surface area contributed by atoms with E-state index < -0.39 is 15.7 Å². The topological polar surface area (TPSA) is 90.4 Å². The van der Waals surface area contributed by atoms with E-state index in [1.165, 1.54) is 25.6 Å². The van der Waals surface area contributed by atoms with E-state index in [4.69, 9.17) is 9.47 Å². The zero-order valence-electron chi connectivity index (χ0n) is 13.7. The molecule has 0 aliphatic rings. The summed E-state index contributed by atoms with van der Waals surface area (Å²) in [5.74, 6) is -0.0879. The smallest absolute Gasteiger partial charge is 0.262 e. The maximum Gasteiger partial charge on any atom is 0.262 e. The molecule has 1 N–H and O–H groups in total. The van der Waals surface area contributed by atoms with Crippen molar-refractivity contribution in [3.05, 3.63) is 30.3 Å². The average Bonchev–Trinajstić information content (AvgIpc) is 2.48. The van der Waals surface area contributed by atoms with E-state index in [0.29, 0.717) is 0 Å². The lowest BCUT2D eigenvalue weighted by Crippen LogP contribution is -2.10. The monoisotopic (exact) mass is 355 g/mol. The Labute approximate surface area is 139 Å². The molecule has 1 heterocycles. The van der Waals surface area contributed by atoms with Crippen LogP contribution in [0.15, 0.2) is 29.4 Å². The first-order chi connectivity index (χ1) is 11.2. The van der Waals surface area contributed by atoms with Gasteiger partial charge in [-0.15, -0.1) is 0 Å². The number of ether oxygens (including phenoxy) is 2. The van der Waals surface area contributed by atoms with Crippen LogP contribution in [0.3, 0.4) is 0 Å². The van der Waals surface area contributed by atoms with Gasteiger partial charge in [0.1, 0.15) is 12.1 Å². The first-order valence-corrected chi connectivity index (χ1v) is 8.93. The normalized spacial score (nSPS) is 11.4. The largest absolute Gasteiger partial charge is 0.489 e. The van der Waals surface area contributed by atoms with E-state index >= 15 is 0 Å². The van der Waals surface area contributed by atoms with E-state index in [-0.39, 0.29) is 34.1 Å². The van der Waals surface area contributed by atoms with Crippen molar-refractivity contribution in [2.45, 2.75) is 24.8 Å². The zero-order chi connectivity index (χ0) is 17.9. The molecule has 0 aliphatic carbocycles. The number of hydrogen-bond acceptors (Lipinski definition) is 7. The zero-order valence-corrected chi connectivity index (χ0v) is 14.5. The molecule has 0 spiro atoms. The Balaban J connectivity index is 2.38. The van der Waals surface area contributed by atoms with Crippen molar-refractivity contribution in [2.24, 2.45) is 0 Å². The lowest BCUT2D eigenvalue weighted by atomic mass is 10.3. The SMILES string of the molecule is COc1c(Nc2ccc(S(C)(=O)=O)cc2F)ncnc1OC(C)C. The summed E-state index contributed by atoms with van der Waals surface area (Å²) in [5, 5.41) is 2.76. The highest BCUT2D eigenvalue weighted by atomic mass is 32.2. The maximum absolute atomic E-state index is 14.2. The van der Waals surface area contributed by atoms with Crippen molar-refractivity contribution in [3.8, 4) is 11.6 Å². The number of aromatic nitrogens is 2. The van der Waals surface area contributed by atoms with Crippen LogP contribution in [-0.2, 0) is 9.84 Å². The number of benzene rings is 1. The molecule has 0 radical (unpaired) electrons. The van der Waals surface area contributed by atoms with E-state index in [1.807, 2.05) is 13.8 Å². The fourth-order valence-electron chi connectivity index (χ4n) is 1.89. The van der Waals surface area contributed by atoms with Crippen LogP contribution in [0.25, 0.3) is 0 Å². The predicted molar refractivity (Wildman–Crippen MR) is 87.1 cm³/mol.